The van der Waals surface area contributed by atoms with Gasteiger partial charge >= 0.3 is 5.97 Å². The first-order valence-electron chi connectivity index (χ1n) is 10.0. The Morgan fingerprint density at radius 1 is 1.16 bits per heavy atom. The van der Waals surface area contributed by atoms with Crippen LogP contribution in [-0.2, 0) is 15.9 Å². The number of benzene rings is 1. The Morgan fingerprint density at radius 2 is 1.87 bits per heavy atom. The van der Waals surface area contributed by atoms with Crippen LogP contribution in [0.1, 0.15) is 38.9 Å². The summed E-state index contributed by atoms with van der Waals surface area (Å²) in [5.41, 5.74) is 1.78. The van der Waals surface area contributed by atoms with E-state index in [1.54, 1.807) is 12.3 Å². The summed E-state index contributed by atoms with van der Waals surface area (Å²) in [6.45, 7) is 3.87. The molecule has 3 heterocycles. The normalized spacial score (nSPS) is 13.9. The minimum Gasteiger partial charge on any atom is -0.464 e. The van der Waals surface area contributed by atoms with Crippen molar-refractivity contribution in [3.63, 3.8) is 0 Å². The molecule has 1 aliphatic rings. The smallest absolute Gasteiger partial charge is 0.357 e. The summed E-state index contributed by atoms with van der Waals surface area (Å²) in [6.07, 6.45) is 1.90. The van der Waals surface area contributed by atoms with Crippen molar-refractivity contribution in [2.24, 2.45) is 0 Å². The van der Waals surface area contributed by atoms with Gasteiger partial charge < -0.3 is 14.4 Å². The van der Waals surface area contributed by atoms with Gasteiger partial charge in [-0.3, -0.25) is 14.0 Å². The molecule has 1 aromatic carbocycles. The van der Waals surface area contributed by atoms with Crippen LogP contribution < -0.4 is 10.5 Å². The van der Waals surface area contributed by atoms with Gasteiger partial charge in [-0.25, -0.2) is 9.78 Å². The Hall–Kier alpha value is -3.52. The van der Waals surface area contributed by atoms with Gasteiger partial charge in [-0.15, -0.1) is 0 Å². The Kier molecular flexibility index (Phi) is 5.81. The predicted molar refractivity (Wildman–Crippen MR) is 115 cm³/mol. The molecule has 1 aliphatic heterocycles. The Morgan fingerprint density at radius 3 is 2.52 bits per heavy atom. The molecule has 0 bridgehead atoms. The number of anilines is 1. The number of aromatic nitrogens is 2. The number of methoxy groups -OCH3 is 1. The fourth-order valence-corrected chi connectivity index (χ4v) is 3.74. The van der Waals surface area contributed by atoms with Crippen LogP contribution in [0.2, 0.25) is 0 Å². The lowest BCUT2D eigenvalue weighted by atomic mass is 10.0. The standard InChI is InChI=1S/C23H23N3O5/c1-15(27)18-13-17(25-8-10-31-11-9-25)14-26-21(18)24-20(23(29)30-2)19(22(26)28)12-16-6-4-3-5-7-16/h3-7,13-14H,8-12H2,1-2H3. The molecular weight excluding hydrogens is 398 g/mol. The van der Waals surface area contributed by atoms with E-state index in [-0.39, 0.29) is 34.7 Å². The third-order valence-corrected chi connectivity index (χ3v) is 5.36. The van der Waals surface area contributed by atoms with E-state index in [2.05, 4.69) is 9.88 Å². The van der Waals surface area contributed by atoms with Gasteiger partial charge in [0.15, 0.2) is 17.1 Å². The highest BCUT2D eigenvalue weighted by Crippen LogP contribution is 2.22. The second-order valence-electron chi connectivity index (χ2n) is 7.36. The molecule has 0 N–H and O–H groups in total. The average Bonchev–Trinajstić information content (AvgIpc) is 2.80. The summed E-state index contributed by atoms with van der Waals surface area (Å²) in [6, 6.07) is 11.1. The minimum atomic E-state index is -0.711. The number of hydrogen-bond donors (Lipinski definition) is 0. The van der Waals surface area contributed by atoms with Crippen molar-refractivity contribution < 1.29 is 19.1 Å². The largest absolute Gasteiger partial charge is 0.464 e. The molecule has 2 aromatic heterocycles. The van der Waals surface area contributed by atoms with Crippen LogP contribution in [-0.4, -0.2) is 54.6 Å². The lowest BCUT2D eigenvalue weighted by Crippen LogP contribution is -2.37. The van der Waals surface area contributed by atoms with Crippen LogP contribution >= 0.6 is 0 Å². The monoisotopic (exact) mass is 421 g/mol. The fraction of sp³-hybridized carbons (Fsp3) is 0.304. The van der Waals surface area contributed by atoms with Crippen molar-refractivity contribution in [2.75, 3.05) is 38.3 Å². The molecule has 0 radical (unpaired) electrons. The molecule has 1 fully saturated rings. The molecule has 1 saturated heterocycles. The summed E-state index contributed by atoms with van der Waals surface area (Å²) < 4.78 is 11.7. The molecular formula is C23H23N3O5. The van der Waals surface area contributed by atoms with E-state index in [1.807, 2.05) is 30.3 Å². The number of rotatable bonds is 5. The molecule has 160 valence electrons. The predicted octanol–water partition coefficient (Wildman–Crippen LogP) is 2.11. The van der Waals surface area contributed by atoms with E-state index < -0.39 is 11.5 Å². The first kappa shape index (κ1) is 20.7. The average molecular weight is 421 g/mol. The first-order chi connectivity index (χ1) is 15.0. The van der Waals surface area contributed by atoms with E-state index in [0.717, 1.165) is 11.3 Å². The number of carbonyl (C=O) groups excluding carboxylic acids is 2. The number of carbonyl (C=O) groups is 2. The molecule has 0 aliphatic carbocycles. The first-order valence-corrected chi connectivity index (χ1v) is 10.0. The molecule has 0 atom stereocenters. The van der Waals surface area contributed by atoms with E-state index >= 15 is 0 Å². The van der Waals surface area contributed by atoms with Crippen molar-refractivity contribution in [1.29, 1.82) is 0 Å². The summed E-state index contributed by atoms with van der Waals surface area (Å²) in [4.78, 5) is 44.9. The van der Waals surface area contributed by atoms with Gasteiger partial charge in [0.05, 0.1) is 37.1 Å². The zero-order valence-corrected chi connectivity index (χ0v) is 17.5. The summed E-state index contributed by atoms with van der Waals surface area (Å²) >= 11 is 0. The highest BCUT2D eigenvalue weighted by atomic mass is 16.5. The van der Waals surface area contributed by atoms with Crippen LogP contribution in [0.15, 0.2) is 47.4 Å². The third-order valence-electron chi connectivity index (χ3n) is 5.36. The van der Waals surface area contributed by atoms with Crippen molar-refractivity contribution in [1.82, 2.24) is 9.38 Å². The number of pyridine rings is 1. The second kappa shape index (κ2) is 8.69. The zero-order chi connectivity index (χ0) is 22.0. The van der Waals surface area contributed by atoms with Gasteiger partial charge in [-0.05, 0) is 18.6 Å². The lowest BCUT2D eigenvalue weighted by molar-refractivity contribution is 0.0592. The fourth-order valence-electron chi connectivity index (χ4n) is 3.74. The highest BCUT2D eigenvalue weighted by molar-refractivity contribution is 6.01. The maximum absolute atomic E-state index is 13.5. The number of ether oxygens (including phenoxy) is 2. The molecule has 8 heteroatoms. The van der Waals surface area contributed by atoms with Gasteiger partial charge in [0.25, 0.3) is 5.56 Å². The SMILES string of the molecule is COC(=O)c1nc2c(C(C)=O)cc(N3CCOCC3)cn2c(=O)c1Cc1ccccc1. The Labute approximate surface area is 179 Å². The molecule has 0 saturated carbocycles. The zero-order valence-electron chi connectivity index (χ0n) is 17.5. The molecule has 3 aromatic rings. The number of esters is 1. The van der Waals surface area contributed by atoms with Gasteiger partial charge in [0.2, 0.25) is 0 Å². The number of ketones is 1. The number of nitrogens with zero attached hydrogens (tertiary/aromatic N) is 3. The molecule has 0 spiro atoms. The number of fused-ring (bicyclic) bond motifs is 1. The maximum Gasteiger partial charge on any atom is 0.357 e. The van der Waals surface area contributed by atoms with Gasteiger partial charge in [0.1, 0.15) is 0 Å². The van der Waals surface area contributed by atoms with E-state index in [9.17, 15) is 14.4 Å². The Balaban J connectivity index is 1.97. The van der Waals surface area contributed by atoms with Crippen LogP contribution in [0.25, 0.3) is 5.65 Å². The summed E-state index contributed by atoms with van der Waals surface area (Å²) in [7, 11) is 1.24. The third kappa shape index (κ3) is 4.06. The van der Waals surface area contributed by atoms with E-state index in [0.29, 0.717) is 26.3 Å². The number of Topliss-reactive ketones (excluding diaryl/α,β-unsaturated/α-hetero) is 1. The van der Waals surface area contributed by atoms with Gasteiger partial charge in [-0.2, -0.15) is 0 Å². The Bertz CT molecular complexity index is 1200. The van der Waals surface area contributed by atoms with Crippen LogP contribution in [0.3, 0.4) is 0 Å². The van der Waals surface area contributed by atoms with E-state index in [4.69, 9.17) is 9.47 Å². The summed E-state index contributed by atoms with van der Waals surface area (Å²) in [5.74, 6) is -0.955. The molecule has 0 unspecified atom stereocenters. The summed E-state index contributed by atoms with van der Waals surface area (Å²) in [5, 5.41) is 0. The van der Waals surface area contributed by atoms with Crippen molar-refractivity contribution in [2.45, 2.75) is 13.3 Å². The van der Waals surface area contributed by atoms with Crippen LogP contribution in [0.5, 0.6) is 0 Å². The molecule has 0 amide bonds. The van der Waals surface area contributed by atoms with Crippen molar-refractivity contribution in [3.05, 3.63) is 75.3 Å². The van der Waals surface area contributed by atoms with Crippen LogP contribution in [0, 0.1) is 0 Å². The van der Waals surface area contributed by atoms with E-state index in [1.165, 1.54) is 18.4 Å². The van der Waals surface area contributed by atoms with Gasteiger partial charge in [0, 0.05) is 25.7 Å². The quantitative estimate of drug-likeness (QED) is 0.460. The highest BCUT2D eigenvalue weighted by Gasteiger charge is 2.24. The number of hydrogen-bond acceptors (Lipinski definition) is 7. The lowest BCUT2D eigenvalue weighted by Gasteiger charge is -2.29. The molecule has 4 rings (SSSR count). The topological polar surface area (TPSA) is 90.2 Å². The van der Waals surface area contributed by atoms with Gasteiger partial charge in [-0.1, -0.05) is 30.3 Å². The molecule has 31 heavy (non-hydrogen) atoms. The minimum absolute atomic E-state index is 0.0713. The number of morpholine rings is 1. The van der Waals surface area contributed by atoms with Crippen molar-refractivity contribution >= 4 is 23.1 Å². The van der Waals surface area contributed by atoms with Crippen LogP contribution in [0.4, 0.5) is 5.69 Å². The molecule has 8 nitrogen and oxygen atoms in total. The maximum atomic E-state index is 13.5. The van der Waals surface area contributed by atoms with Crippen molar-refractivity contribution in [3.8, 4) is 0 Å². The second-order valence-corrected chi connectivity index (χ2v) is 7.36.